The molecule has 2 aromatic rings. The molecule has 13 nitrogen and oxygen atoms in total. The Kier molecular flexibility index (Phi) is 10.4. The Morgan fingerprint density at radius 2 is 1.87 bits per heavy atom. The van der Waals surface area contributed by atoms with E-state index in [-0.39, 0.29) is 25.5 Å². The van der Waals surface area contributed by atoms with Crippen molar-refractivity contribution in [3.05, 3.63) is 46.6 Å². The van der Waals surface area contributed by atoms with Gasteiger partial charge in [-0.25, -0.2) is 18.2 Å². The van der Waals surface area contributed by atoms with Crippen molar-refractivity contribution in [3.8, 4) is 5.75 Å². The van der Waals surface area contributed by atoms with E-state index < -0.39 is 62.3 Å². The molecule has 2 saturated carbocycles. The van der Waals surface area contributed by atoms with Gasteiger partial charge in [0, 0.05) is 22.4 Å². The zero-order chi connectivity index (χ0) is 37.5. The van der Waals surface area contributed by atoms with E-state index in [0.29, 0.717) is 61.4 Å². The second-order valence-electron chi connectivity index (χ2n) is 15.6. The minimum Gasteiger partial charge on any atom is -0.483 e. The van der Waals surface area contributed by atoms with Crippen molar-refractivity contribution in [1.82, 2.24) is 25.2 Å². The monoisotopic (exact) mass is 769 g/mol. The Labute approximate surface area is 315 Å². The largest absolute Gasteiger partial charge is 0.483 e. The summed E-state index contributed by atoms with van der Waals surface area (Å²) < 4.78 is 39.6. The maximum absolute atomic E-state index is 14.6. The highest BCUT2D eigenvalue weighted by Gasteiger charge is 2.54. The van der Waals surface area contributed by atoms with Crippen LogP contribution in [0.15, 0.2) is 30.4 Å². The Morgan fingerprint density at radius 3 is 2.60 bits per heavy atom. The molecule has 15 heteroatoms. The van der Waals surface area contributed by atoms with Crippen LogP contribution in [0, 0.1) is 6.92 Å². The highest BCUT2D eigenvalue weighted by atomic mass is 35.5. The number of fused-ring (bicyclic) bond motifs is 4. The zero-order valence-electron chi connectivity index (χ0n) is 30.2. The summed E-state index contributed by atoms with van der Waals surface area (Å²) >= 11 is 6.37. The van der Waals surface area contributed by atoms with E-state index in [1.165, 1.54) is 4.90 Å². The molecule has 3 aliphatic heterocycles. The number of amides is 4. The maximum atomic E-state index is 14.6. The normalized spacial score (nSPS) is 28.3. The number of carbonyl (C=O) groups is 4. The van der Waals surface area contributed by atoms with Crippen LogP contribution in [0.3, 0.4) is 0 Å². The van der Waals surface area contributed by atoms with Gasteiger partial charge in [0.25, 0.3) is 5.91 Å². The quantitative estimate of drug-likeness (QED) is 0.358. The molecule has 3 fully saturated rings. The molecule has 53 heavy (non-hydrogen) atoms. The van der Waals surface area contributed by atoms with E-state index in [4.69, 9.17) is 26.1 Å². The number of alkyl carbamates (subject to hydrolysis) is 1. The molecule has 1 aromatic carbocycles. The van der Waals surface area contributed by atoms with E-state index in [1.807, 2.05) is 25.1 Å². The molecule has 1 aromatic heterocycles. The lowest BCUT2D eigenvalue weighted by molar-refractivity contribution is -0.141. The first-order valence-electron chi connectivity index (χ1n) is 18.8. The lowest BCUT2D eigenvalue weighted by atomic mass is 9.87. The van der Waals surface area contributed by atoms with Crippen LogP contribution in [-0.2, 0) is 35.6 Å². The van der Waals surface area contributed by atoms with Gasteiger partial charge < -0.3 is 25.0 Å². The number of sulfonamides is 1. The molecule has 0 bridgehead atoms. The van der Waals surface area contributed by atoms with Gasteiger partial charge >= 0.3 is 6.09 Å². The van der Waals surface area contributed by atoms with Crippen LogP contribution in [-0.4, -0.2) is 83.2 Å². The Bertz CT molecular complexity index is 1950. The third-order valence-electron chi connectivity index (χ3n) is 11.6. The van der Waals surface area contributed by atoms with Gasteiger partial charge in [0.2, 0.25) is 21.8 Å². The molecule has 7 rings (SSSR count). The van der Waals surface area contributed by atoms with Gasteiger partial charge in [0.05, 0.1) is 22.5 Å². The van der Waals surface area contributed by atoms with E-state index in [2.05, 4.69) is 15.4 Å². The van der Waals surface area contributed by atoms with Crippen LogP contribution in [0.5, 0.6) is 5.75 Å². The van der Waals surface area contributed by atoms with Gasteiger partial charge in [-0.1, -0.05) is 36.6 Å². The minimum absolute atomic E-state index is 0.0513. The summed E-state index contributed by atoms with van der Waals surface area (Å²) in [6.07, 6.45) is 10.8. The van der Waals surface area contributed by atoms with Crippen molar-refractivity contribution in [2.24, 2.45) is 0 Å². The minimum atomic E-state index is -3.97. The molecule has 0 radical (unpaired) electrons. The second kappa shape index (κ2) is 14.7. The van der Waals surface area contributed by atoms with Crippen LogP contribution in [0.1, 0.15) is 102 Å². The van der Waals surface area contributed by atoms with Gasteiger partial charge in [-0.05, 0) is 103 Å². The van der Waals surface area contributed by atoms with Crippen molar-refractivity contribution < 1.29 is 37.1 Å². The Morgan fingerprint density at radius 1 is 1.08 bits per heavy atom. The lowest BCUT2D eigenvalue weighted by Gasteiger charge is -2.36. The van der Waals surface area contributed by atoms with E-state index in [0.717, 1.165) is 48.6 Å². The molecule has 2 aliphatic carbocycles. The van der Waals surface area contributed by atoms with Crippen molar-refractivity contribution in [1.29, 1.82) is 0 Å². The molecule has 1 saturated heterocycles. The number of allylic oxidation sites excluding steroid dienone is 1. The van der Waals surface area contributed by atoms with Crippen molar-refractivity contribution in [2.45, 2.75) is 138 Å². The summed E-state index contributed by atoms with van der Waals surface area (Å²) in [4.78, 5) is 61.8. The molecule has 1 spiro atoms. The highest BCUT2D eigenvalue weighted by molar-refractivity contribution is 7.91. The first-order valence-corrected chi connectivity index (χ1v) is 20.7. The summed E-state index contributed by atoms with van der Waals surface area (Å²) in [7, 11) is -3.97. The topological polar surface area (TPSA) is 173 Å². The molecule has 4 amide bonds. The molecule has 4 heterocycles. The molecule has 3 N–H and O–H groups in total. The molecule has 4 atom stereocenters. The van der Waals surface area contributed by atoms with Crippen LogP contribution < -0.4 is 20.1 Å². The smallest absolute Gasteiger partial charge is 0.408 e. The molecular weight excluding hydrogens is 722 g/mol. The number of nitrogens with zero attached hydrogens (tertiary/aromatic N) is 2. The van der Waals surface area contributed by atoms with Gasteiger partial charge in [0.15, 0.2) is 0 Å². The number of aryl methyl sites for hydroxylation is 2. The fourth-order valence-corrected chi connectivity index (χ4v) is 9.24. The van der Waals surface area contributed by atoms with Crippen molar-refractivity contribution >= 4 is 56.3 Å². The summed E-state index contributed by atoms with van der Waals surface area (Å²) in [5.74, 6) is -1.31. The van der Waals surface area contributed by atoms with Crippen molar-refractivity contribution in [3.63, 3.8) is 0 Å². The number of hydrogen-bond donors (Lipinski definition) is 3. The number of nitrogens with one attached hydrogen (secondary N) is 3. The first-order chi connectivity index (χ1) is 25.3. The SMILES string of the molecule is Cc1nc2ccc(Cl)cc2c2c1O[C@]1(CC2)C[C@H]2C(=O)NC(C(=O)NS(=O)(=O)C3(C)CC3)C/C=C\CCCCC[C@H](NC(=O)OC3CCC3)C(=O)N2C1. The standard InChI is InChI=1S/C38H48ClN5O8S/c1-23-32-26(27-20-24(39)14-15-28(27)40-23)16-17-38(52-32)21-31-34(46)41-29(33(45)43-53(49,50)37(2)18-19-37)12-7-5-3-4-6-8-13-30(35(47)44(31)22-38)42-36(48)51-25-10-9-11-25/h5,7,14-15,20,25,29-31H,3-4,6,8-13,16-19,21-22H2,1-2H3,(H,41,46)(H,42,48)(H,43,45)/b7-5-/t29?,30-,31-,38+/m0/s1. The molecular formula is C38H48ClN5O8S. The summed E-state index contributed by atoms with van der Waals surface area (Å²) in [6.45, 7) is 3.50. The highest BCUT2D eigenvalue weighted by Crippen LogP contribution is 2.45. The number of pyridine rings is 1. The Balaban J connectivity index is 1.20. The van der Waals surface area contributed by atoms with E-state index >= 15 is 0 Å². The molecule has 286 valence electrons. The van der Waals surface area contributed by atoms with Crippen molar-refractivity contribution in [2.75, 3.05) is 6.54 Å². The summed E-state index contributed by atoms with van der Waals surface area (Å²) in [6, 6.07) is 2.27. The summed E-state index contributed by atoms with van der Waals surface area (Å²) in [5, 5.41) is 7.05. The van der Waals surface area contributed by atoms with E-state index in [9.17, 15) is 27.6 Å². The molecule has 5 aliphatic rings. The average molecular weight is 770 g/mol. The fraction of sp³-hybridized carbons (Fsp3) is 0.605. The second-order valence-corrected chi connectivity index (χ2v) is 18.3. The van der Waals surface area contributed by atoms with Crippen LogP contribution in [0.4, 0.5) is 4.79 Å². The third-order valence-corrected chi connectivity index (χ3v) is 14.0. The molecule has 1 unspecified atom stereocenters. The zero-order valence-corrected chi connectivity index (χ0v) is 31.8. The predicted octanol–water partition coefficient (Wildman–Crippen LogP) is 4.90. The lowest BCUT2D eigenvalue weighted by Crippen LogP contribution is -2.57. The van der Waals surface area contributed by atoms with Gasteiger partial charge in [-0.2, -0.15) is 0 Å². The third kappa shape index (κ3) is 7.85. The first kappa shape index (κ1) is 37.4. The van der Waals surface area contributed by atoms with E-state index in [1.54, 1.807) is 19.1 Å². The number of hydrogen-bond acceptors (Lipinski definition) is 9. The number of ether oxygens (including phenoxy) is 2. The van der Waals surface area contributed by atoms with Gasteiger partial charge in [-0.15, -0.1) is 0 Å². The number of carbonyl (C=O) groups excluding carboxylic acids is 4. The van der Waals surface area contributed by atoms with Crippen LogP contribution in [0.25, 0.3) is 10.9 Å². The number of benzene rings is 1. The average Bonchev–Trinajstić information content (AvgIpc) is 3.76. The fourth-order valence-electron chi connectivity index (χ4n) is 7.77. The summed E-state index contributed by atoms with van der Waals surface area (Å²) in [5.41, 5.74) is 1.43. The number of rotatable bonds is 5. The Hall–Kier alpha value is -3.91. The van der Waals surface area contributed by atoms with Crippen LogP contribution in [0.2, 0.25) is 5.02 Å². The number of halogens is 1. The number of aromatic nitrogens is 1. The maximum Gasteiger partial charge on any atom is 0.408 e. The predicted molar refractivity (Wildman–Crippen MR) is 198 cm³/mol. The van der Waals surface area contributed by atoms with Gasteiger partial charge in [-0.3, -0.25) is 19.1 Å². The van der Waals surface area contributed by atoms with Crippen LogP contribution >= 0.6 is 11.6 Å². The van der Waals surface area contributed by atoms with Gasteiger partial charge in [0.1, 0.15) is 35.6 Å².